The van der Waals surface area contributed by atoms with Crippen LogP contribution in [-0.2, 0) is 4.79 Å². The molecule has 0 saturated heterocycles. The van der Waals surface area contributed by atoms with Gasteiger partial charge >= 0.3 is 0 Å². The molecule has 0 spiro atoms. The summed E-state index contributed by atoms with van der Waals surface area (Å²) in [6.07, 6.45) is 0. The predicted molar refractivity (Wildman–Crippen MR) is 100 cm³/mol. The Balaban J connectivity index is 3.06. The summed E-state index contributed by atoms with van der Waals surface area (Å²) in [4.78, 5) is 12.3. The summed E-state index contributed by atoms with van der Waals surface area (Å²) in [5, 5.41) is 2.84. The molecule has 0 aromatic heterocycles. The summed E-state index contributed by atoms with van der Waals surface area (Å²) >= 11 is 0. The third-order valence-corrected chi connectivity index (χ3v) is 10.9. The maximum atomic E-state index is 12.3. The van der Waals surface area contributed by atoms with Gasteiger partial charge in [0.1, 0.15) is 13.8 Å². The fraction of sp³-hybridized carbons (Fsp3) is 0.526. The first-order valence-electron chi connectivity index (χ1n) is 8.22. The van der Waals surface area contributed by atoms with Gasteiger partial charge in [0.15, 0.2) is 0 Å². The molecule has 0 radical (unpaired) electrons. The molecule has 1 N–H and O–H groups in total. The summed E-state index contributed by atoms with van der Waals surface area (Å²) in [5.41, 5.74) is 5.60. The first kappa shape index (κ1) is 19.3. The first-order valence-corrected chi connectivity index (χ1v) is 10.5. The van der Waals surface area contributed by atoms with Gasteiger partial charge in [-0.3, -0.25) is 4.79 Å². The minimum absolute atomic E-state index is 0.270. The van der Waals surface area contributed by atoms with Crippen LogP contribution in [0, 0.1) is 11.5 Å². The number of hydrogen-bond donors (Lipinski definition) is 1. The molecular weight excluding hydrogens is 302 g/mol. The van der Waals surface area contributed by atoms with Crippen LogP contribution >= 0.6 is 0 Å². The number of ether oxygens (including phenoxy) is 1. The SMILES string of the molecule is COc1ccccc1NC(=O)C#C[Si](C(C)C)(C(C)C)C(C)C. The Labute approximate surface area is 141 Å². The molecule has 126 valence electrons. The van der Waals surface area contributed by atoms with E-state index < -0.39 is 8.07 Å². The van der Waals surface area contributed by atoms with Gasteiger partial charge in [0.25, 0.3) is 5.91 Å². The van der Waals surface area contributed by atoms with Crippen molar-refractivity contribution < 1.29 is 9.53 Å². The number of hydrogen-bond acceptors (Lipinski definition) is 2. The van der Waals surface area contributed by atoms with Crippen molar-refractivity contribution in [2.24, 2.45) is 0 Å². The zero-order valence-electron chi connectivity index (χ0n) is 15.4. The highest BCUT2D eigenvalue weighted by molar-refractivity contribution is 6.90. The van der Waals surface area contributed by atoms with Crippen LogP contribution in [0.25, 0.3) is 0 Å². The summed E-state index contributed by atoms with van der Waals surface area (Å²) < 4.78 is 5.25. The lowest BCUT2D eigenvalue weighted by molar-refractivity contribution is -0.111. The molecule has 1 rings (SSSR count). The molecule has 0 unspecified atom stereocenters. The van der Waals surface area contributed by atoms with Crippen LogP contribution in [-0.4, -0.2) is 21.1 Å². The van der Waals surface area contributed by atoms with E-state index in [1.54, 1.807) is 7.11 Å². The number of carbonyl (C=O) groups excluding carboxylic acids is 1. The number of rotatable bonds is 5. The summed E-state index contributed by atoms with van der Waals surface area (Å²) in [6, 6.07) is 7.37. The molecule has 4 heteroatoms. The smallest absolute Gasteiger partial charge is 0.299 e. The van der Waals surface area contributed by atoms with E-state index in [0.717, 1.165) is 0 Å². The minimum Gasteiger partial charge on any atom is -0.495 e. The van der Waals surface area contributed by atoms with Gasteiger partial charge in [-0.2, -0.15) is 0 Å². The molecule has 0 aliphatic rings. The molecule has 3 nitrogen and oxygen atoms in total. The summed E-state index contributed by atoms with van der Waals surface area (Å²) in [5.74, 6) is 3.24. The van der Waals surface area contributed by atoms with Crippen LogP contribution in [0.5, 0.6) is 5.75 Å². The lowest BCUT2D eigenvalue weighted by atomic mass is 10.3. The van der Waals surface area contributed by atoms with Gasteiger partial charge in [0, 0.05) is 0 Å². The minimum atomic E-state index is -1.88. The molecule has 1 amide bonds. The van der Waals surface area contributed by atoms with Crippen molar-refractivity contribution in [2.75, 3.05) is 12.4 Å². The van der Waals surface area contributed by atoms with Crippen molar-refractivity contribution in [1.82, 2.24) is 0 Å². The number of benzene rings is 1. The maximum absolute atomic E-state index is 12.3. The second-order valence-corrected chi connectivity index (χ2v) is 12.4. The van der Waals surface area contributed by atoms with Crippen molar-refractivity contribution in [3.05, 3.63) is 24.3 Å². The van der Waals surface area contributed by atoms with E-state index in [9.17, 15) is 4.79 Å². The monoisotopic (exact) mass is 331 g/mol. The first-order chi connectivity index (χ1) is 10.8. The largest absolute Gasteiger partial charge is 0.495 e. The van der Waals surface area contributed by atoms with Gasteiger partial charge in [-0.05, 0) is 34.7 Å². The average Bonchev–Trinajstić information content (AvgIpc) is 2.47. The van der Waals surface area contributed by atoms with Crippen molar-refractivity contribution in [2.45, 2.75) is 58.2 Å². The number of nitrogens with one attached hydrogen (secondary N) is 1. The van der Waals surface area contributed by atoms with E-state index in [4.69, 9.17) is 4.74 Å². The van der Waals surface area contributed by atoms with Crippen LogP contribution in [0.4, 0.5) is 5.69 Å². The van der Waals surface area contributed by atoms with E-state index in [2.05, 4.69) is 58.3 Å². The Kier molecular flexibility index (Phi) is 6.90. The summed E-state index contributed by atoms with van der Waals surface area (Å²) in [6.45, 7) is 13.4. The molecule has 23 heavy (non-hydrogen) atoms. The highest BCUT2D eigenvalue weighted by atomic mass is 28.3. The molecule has 0 heterocycles. The van der Waals surface area contributed by atoms with Gasteiger partial charge in [-0.25, -0.2) is 0 Å². The molecule has 0 saturated carbocycles. The number of methoxy groups -OCH3 is 1. The van der Waals surface area contributed by atoms with E-state index in [0.29, 0.717) is 28.1 Å². The Hall–Kier alpha value is -1.73. The topological polar surface area (TPSA) is 38.3 Å². The van der Waals surface area contributed by atoms with E-state index >= 15 is 0 Å². The maximum Gasteiger partial charge on any atom is 0.299 e. The lowest BCUT2D eigenvalue weighted by Gasteiger charge is -2.37. The lowest BCUT2D eigenvalue weighted by Crippen LogP contribution is -2.43. The molecule has 0 aliphatic carbocycles. The Morgan fingerprint density at radius 3 is 2.04 bits per heavy atom. The van der Waals surface area contributed by atoms with E-state index in [1.807, 2.05) is 24.3 Å². The number of para-hydroxylation sites is 2. The second-order valence-electron chi connectivity index (χ2n) is 6.80. The predicted octanol–water partition coefficient (Wildman–Crippen LogP) is 4.86. The van der Waals surface area contributed by atoms with Crippen molar-refractivity contribution in [1.29, 1.82) is 0 Å². The van der Waals surface area contributed by atoms with Crippen molar-refractivity contribution in [3.8, 4) is 17.2 Å². The Bertz CT molecular complexity index is 575. The third kappa shape index (κ3) is 4.39. The number of amides is 1. The highest BCUT2D eigenvalue weighted by Gasteiger charge is 2.41. The van der Waals surface area contributed by atoms with Crippen LogP contribution < -0.4 is 10.1 Å². The number of anilines is 1. The Morgan fingerprint density at radius 2 is 1.57 bits per heavy atom. The third-order valence-electron chi connectivity index (χ3n) is 4.61. The van der Waals surface area contributed by atoms with Crippen LogP contribution in [0.3, 0.4) is 0 Å². The van der Waals surface area contributed by atoms with Crippen LogP contribution in [0.2, 0.25) is 16.6 Å². The molecular formula is C19H29NO2Si. The summed E-state index contributed by atoms with van der Waals surface area (Å²) in [7, 11) is -0.294. The van der Waals surface area contributed by atoms with Gasteiger partial charge in [-0.15, -0.1) is 5.54 Å². The van der Waals surface area contributed by atoms with E-state index in [-0.39, 0.29) is 5.91 Å². The normalized spacial score (nSPS) is 11.4. The molecule has 0 fully saturated rings. The van der Waals surface area contributed by atoms with Crippen molar-refractivity contribution in [3.63, 3.8) is 0 Å². The second kappa shape index (κ2) is 8.21. The number of carbonyl (C=O) groups is 1. The standard InChI is InChI=1S/C19H29NO2Si/c1-14(2)23(15(3)4,16(5)6)13-12-19(21)20-17-10-8-9-11-18(17)22-7/h8-11,14-16H,1-7H3,(H,20,21). The molecule has 0 atom stereocenters. The zero-order valence-corrected chi connectivity index (χ0v) is 16.4. The average molecular weight is 332 g/mol. The fourth-order valence-electron chi connectivity index (χ4n) is 3.50. The molecule has 1 aromatic carbocycles. The van der Waals surface area contributed by atoms with E-state index in [1.165, 1.54) is 0 Å². The van der Waals surface area contributed by atoms with Gasteiger partial charge in [-0.1, -0.05) is 53.7 Å². The quantitative estimate of drug-likeness (QED) is 0.618. The molecule has 0 aliphatic heterocycles. The van der Waals surface area contributed by atoms with Gasteiger partial charge in [0.2, 0.25) is 0 Å². The fourth-order valence-corrected chi connectivity index (χ4v) is 8.70. The zero-order chi connectivity index (χ0) is 17.6. The van der Waals surface area contributed by atoms with Crippen LogP contribution in [0.15, 0.2) is 24.3 Å². The van der Waals surface area contributed by atoms with Crippen molar-refractivity contribution >= 4 is 19.7 Å². The van der Waals surface area contributed by atoms with Gasteiger partial charge in [0.05, 0.1) is 12.8 Å². The molecule has 1 aromatic rings. The Morgan fingerprint density at radius 1 is 1.04 bits per heavy atom. The molecule has 0 bridgehead atoms. The highest BCUT2D eigenvalue weighted by Crippen LogP contribution is 2.40. The van der Waals surface area contributed by atoms with Gasteiger partial charge < -0.3 is 10.1 Å². The van der Waals surface area contributed by atoms with Crippen LogP contribution in [0.1, 0.15) is 41.5 Å².